The Labute approximate surface area is 126 Å². The van der Waals surface area contributed by atoms with Crippen LogP contribution in [0.2, 0.25) is 0 Å². The van der Waals surface area contributed by atoms with Crippen molar-refractivity contribution in [2.75, 3.05) is 13.1 Å². The number of ether oxygens (including phenoxy) is 1. The van der Waals surface area contributed by atoms with Gasteiger partial charge in [0.1, 0.15) is 6.10 Å². The van der Waals surface area contributed by atoms with Crippen LogP contribution in [-0.2, 0) is 9.53 Å². The van der Waals surface area contributed by atoms with Gasteiger partial charge in [0, 0.05) is 23.5 Å². The summed E-state index contributed by atoms with van der Waals surface area (Å²) in [6.45, 7) is 2.55. The minimum atomic E-state index is 0.0372. The molecule has 3 nitrogen and oxygen atoms in total. The van der Waals surface area contributed by atoms with Crippen LogP contribution in [0.1, 0.15) is 51.4 Å². The van der Waals surface area contributed by atoms with E-state index in [0.29, 0.717) is 17.9 Å². The maximum atomic E-state index is 12.4. The normalized spacial score (nSPS) is 45.7. The molecule has 5 rings (SSSR count). The summed E-state index contributed by atoms with van der Waals surface area (Å²) in [5, 5.41) is 0. The van der Waals surface area contributed by atoms with Crippen LogP contribution in [0, 0.1) is 17.8 Å². The Bertz CT molecular complexity index is 509. The average Bonchev–Trinajstić information content (AvgIpc) is 3.00. The van der Waals surface area contributed by atoms with E-state index in [1.54, 1.807) is 0 Å². The molecule has 114 valence electrons. The van der Waals surface area contributed by atoms with Crippen molar-refractivity contribution in [2.24, 2.45) is 17.8 Å². The molecule has 0 aromatic carbocycles. The molecule has 1 saturated carbocycles. The molecule has 2 saturated heterocycles. The molecule has 0 spiro atoms. The molecule has 0 aromatic heterocycles. The second-order valence-electron chi connectivity index (χ2n) is 7.80. The van der Waals surface area contributed by atoms with Crippen LogP contribution in [0.25, 0.3) is 0 Å². The highest BCUT2D eigenvalue weighted by atomic mass is 16.5. The topological polar surface area (TPSA) is 29.5 Å². The Hall–Kier alpha value is -0.830. The molecule has 0 aromatic rings. The monoisotopic (exact) mass is 287 g/mol. The predicted octanol–water partition coefficient (Wildman–Crippen LogP) is 2.90. The van der Waals surface area contributed by atoms with Crippen LogP contribution in [0.5, 0.6) is 0 Å². The molecule has 0 bridgehead atoms. The zero-order chi connectivity index (χ0) is 14.0. The Morgan fingerprint density at radius 2 is 1.90 bits per heavy atom. The quantitative estimate of drug-likeness (QED) is 0.642. The molecule has 2 aliphatic carbocycles. The van der Waals surface area contributed by atoms with Crippen molar-refractivity contribution in [3.63, 3.8) is 0 Å². The second-order valence-corrected chi connectivity index (χ2v) is 7.80. The molecule has 21 heavy (non-hydrogen) atoms. The first-order chi connectivity index (χ1) is 10.3. The molecule has 5 aliphatic rings. The minimum absolute atomic E-state index is 0.0372. The summed E-state index contributed by atoms with van der Waals surface area (Å²) < 4.78 is 6.02. The molecule has 0 amide bonds. The highest BCUT2D eigenvalue weighted by Gasteiger charge is 2.54. The van der Waals surface area contributed by atoms with Gasteiger partial charge in [-0.3, -0.25) is 4.90 Å². The molecule has 3 fully saturated rings. The molecule has 5 atom stereocenters. The van der Waals surface area contributed by atoms with Gasteiger partial charge >= 0.3 is 5.97 Å². The smallest absolute Gasteiger partial charge is 0.334 e. The summed E-state index contributed by atoms with van der Waals surface area (Å²) in [5.41, 5.74) is 2.58. The van der Waals surface area contributed by atoms with Crippen molar-refractivity contribution in [1.29, 1.82) is 0 Å². The summed E-state index contributed by atoms with van der Waals surface area (Å²) in [5.74, 6) is 2.08. The van der Waals surface area contributed by atoms with Crippen LogP contribution in [0.4, 0.5) is 0 Å². The van der Waals surface area contributed by atoms with Gasteiger partial charge < -0.3 is 4.74 Å². The van der Waals surface area contributed by atoms with Crippen molar-refractivity contribution in [3.8, 4) is 0 Å². The van der Waals surface area contributed by atoms with Gasteiger partial charge in [-0.25, -0.2) is 4.79 Å². The molecule has 3 aliphatic heterocycles. The van der Waals surface area contributed by atoms with E-state index >= 15 is 0 Å². The van der Waals surface area contributed by atoms with Gasteiger partial charge in [0.25, 0.3) is 0 Å². The van der Waals surface area contributed by atoms with E-state index in [-0.39, 0.29) is 12.1 Å². The van der Waals surface area contributed by atoms with Crippen molar-refractivity contribution < 1.29 is 9.53 Å². The number of carbonyl (C=O) groups is 1. The first-order valence-electron chi connectivity index (χ1n) is 9.00. The fourth-order valence-corrected chi connectivity index (χ4v) is 6.25. The standard InChI is InChI=1S/C18H25NO2/c20-18-13-6-1-5-12(13)15-10-11-4-2-8-19-9-3-7-14(16(11)19)17(15)21-18/h11,14-17H,1-10H2. The van der Waals surface area contributed by atoms with Crippen molar-refractivity contribution in [2.45, 2.75) is 63.5 Å². The molecule has 3 heterocycles. The fourth-order valence-electron chi connectivity index (χ4n) is 6.25. The molecular weight excluding hydrogens is 262 g/mol. The lowest BCUT2D eigenvalue weighted by atomic mass is 9.61. The number of hydrogen-bond acceptors (Lipinski definition) is 3. The van der Waals surface area contributed by atoms with Gasteiger partial charge in [-0.2, -0.15) is 0 Å². The van der Waals surface area contributed by atoms with Gasteiger partial charge in [-0.05, 0) is 70.4 Å². The van der Waals surface area contributed by atoms with Crippen LogP contribution >= 0.6 is 0 Å². The zero-order valence-corrected chi connectivity index (χ0v) is 12.7. The Kier molecular flexibility index (Phi) is 2.77. The summed E-state index contributed by atoms with van der Waals surface area (Å²) in [4.78, 5) is 15.1. The highest BCUT2D eigenvalue weighted by Crippen LogP contribution is 2.52. The van der Waals surface area contributed by atoms with Crippen molar-refractivity contribution in [3.05, 3.63) is 11.1 Å². The van der Waals surface area contributed by atoms with Gasteiger partial charge in [-0.15, -0.1) is 0 Å². The third-order valence-electron chi connectivity index (χ3n) is 6.92. The van der Waals surface area contributed by atoms with E-state index in [0.717, 1.165) is 17.9 Å². The fraction of sp³-hybridized carbons (Fsp3) is 0.833. The second kappa shape index (κ2) is 4.58. The lowest BCUT2D eigenvalue weighted by Gasteiger charge is -2.56. The molecule has 3 heteroatoms. The maximum absolute atomic E-state index is 12.4. The number of nitrogens with zero attached hydrogens (tertiary/aromatic N) is 1. The van der Waals surface area contributed by atoms with Crippen molar-refractivity contribution >= 4 is 5.97 Å². The SMILES string of the molecule is O=C1OC2C(CC3CCCN4CCCC2C34)C2=C1CCC2. The van der Waals surface area contributed by atoms with Gasteiger partial charge in [0.05, 0.1) is 0 Å². The average molecular weight is 287 g/mol. The van der Waals surface area contributed by atoms with E-state index in [2.05, 4.69) is 4.90 Å². The van der Waals surface area contributed by atoms with Crippen LogP contribution in [-0.4, -0.2) is 36.1 Å². The largest absolute Gasteiger partial charge is 0.458 e. The Morgan fingerprint density at radius 3 is 2.81 bits per heavy atom. The maximum Gasteiger partial charge on any atom is 0.334 e. The number of carbonyl (C=O) groups excluding carboxylic acids is 1. The third-order valence-corrected chi connectivity index (χ3v) is 6.92. The van der Waals surface area contributed by atoms with E-state index in [4.69, 9.17) is 4.74 Å². The number of fused-ring (bicyclic) bond motifs is 3. The summed E-state index contributed by atoms with van der Waals surface area (Å²) in [7, 11) is 0. The molecule has 0 radical (unpaired) electrons. The summed E-state index contributed by atoms with van der Waals surface area (Å²) >= 11 is 0. The third kappa shape index (κ3) is 1.73. The highest BCUT2D eigenvalue weighted by molar-refractivity contribution is 5.91. The number of hydrogen-bond donors (Lipinski definition) is 0. The summed E-state index contributed by atoms with van der Waals surface area (Å²) in [6, 6.07) is 0.713. The molecule has 5 unspecified atom stereocenters. The number of esters is 1. The first-order valence-corrected chi connectivity index (χ1v) is 9.00. The van der Waals surface area contributed by atoms with Crippen molar-refractivity contribution in [1.82, 2.24) is 4.90 Å². The van der Waals surface area contributed by atoms with E-state index < -0.39 is 0 Å². The number of rotatable bonds is 0. The van der Waals surface area contributed by atoms with Crippen LogP contribution < -0.4 is 0 Å². The summed E-state index contributed by atoms with van der Waals surface area (Å²) in [6.07, 6.45) is 10.1. The van der Waals surface area contributed by atoms with Gasteiger partial charge in [0.15, 0.2) is 0 Å². The van der Waals surface area contributed by atoms with E-state index in [1.807, 2.05) is 0 Å². The minimum Gasteiger partial charge on any atom is -0.458 e. The molecular formula is C18H25NO2. The van der Waals surface area contributed by atoms with Crippen LogP contribution in [0.15, 0.2) is 11.1 Å². The lowest BCUT2D eigenvalue weighted by molar-refractivity contribution is -0.166. The molecule has 0 N–H and O–H groups in total. The van der Waals surface area contributed by atoms with Crippen LogP contribution in [0.3, 0.4) is 0 Å². The Morgan fingerprint density at radius 1 is 1.05 bits per heavy atom. The zero-order valence-electron chi connectivity index (χ0n) is 12.7. The van der Waals surface area contributed by atoms with E-state index in [1.165, 1.54) is 63.6 Å². The first kappa shape index (κ1) is 12.7. The lowest BCUT2D eigenvalue weighted by Crippen LogP contribution is -2.61. The predicted molar refractivity (Wildman–Crippen MR) is 79.7 cm³/mol. The van der Waals surface area contributed by atoms with Gasteiger partial charge in [-0.1, -0.05) is 5.57 Å². The van der Waals surface area contributed by atoms with E-state index in [9.17, 15) is 4.79 Å². The van der Waals surface area contributed by atoms with Gasteiger partial charge in [0.2, 0.25) is 0 Å². The number of piperidine rings is 2. The Balaban J connectivity index is 1.54.